The van der Waals surface area contributed by atoms with E-state index >= 15 is 0 Å². The van der Waals surface area contributed by atoms with Crippen LogP contribution < -0.4 is 0 Å². The number of rotatable bonds is 5. The third-order valence-electron chi connectivity index (χ3n) is 5.59. The summed E-state index contributed by atoms with van der Waals surface area (Å²) < 4.78 is 1.85. The number of aliphatic hydroxyl groups excluding tert-OH is 1. The summed E-state index contributed by atoms with van der Waals surface area (Å²) in [5.74, 6) is 0.298. The fourth-order valence-corrected chi connectivity index (χ4v) is 4.17. The van der Waals surface area contributed by atoms with Crippen LogP contribution >= 0.6 is 0 Å². The highest BCUT2D eigenvalue weighted by molar-refractivity contribution is 5.84. The lowest BCUT2D eigenvalue weighted by atomic mass is 9.85. The molecule has 1 N–H and O–H groups in total. The van der Waals surface area contributed by atoms with E-state index in [2.05, 4.69) is 21.9 Å². The Morgan fingerprint density at radius 2 is 2.12 bits per heavy atom. The van der Waals surface area contributed by atoms with Crippen LogP contribution in [0.15, 0.2) is 6.20 Å². The number of hydrogen-bond donors (Lipinski definition) is 1. The molecule has 134 valence electrons. The second-order valence-electron chi connectivity index (χ2n) is 7.26. The Morgan fingerprint density at radius 1 is 1.38 bits per heavy atom. The minimum Gasteiger partial charge on any atom is -0.396 e. The quantitative estimate of drug-likeness (QED) is 0.877. The fraction of sp³-hybridized carbons (Fsp3) is 0.778. The number of aromatic nitrogens is 2. The molecule has 1 aliphatic carbocycles. The van der Waals surface area contributed by atoms with Crippen molar-refractivity contribution in [2.24, 2.45) is 7.05 Å². The van der Waals surface area contributed by atoms with Crippen molar-refractivity contribution in [2.75, 3.05) is 33.3 Å². The number of nitrogens with zero attached hydrogens (tertiary/aromatic N) is 4. The van der Waals surface area contributed by atoms with Crippen molar-refractivity contribution >= 4 is 5.91 Å². The maximum Gasteiger partial charge on any atom is 0.230 e. The maximum atomic E-state index is 13.0. The zero-order valence-electron chi connectivity index (χ0n) is 14.9. The Hall–Kier alpha value is -1.40. The number of amides is 1. The molecule has 1 aromatic rings. The second-order valence-corrected chi connectivity index (χ2v) is 7.26. The molecule has 1 amide bonds. The van der Waals surface area contributed by atoms with Crippen LogP contribution in [0.3, 0.4) is 0 Å². The van der Waals surface area contributed by atoms with E-state index in [1.807, 2.05) is 17.9 Å². The lowest BCUT2D eigenvalue weighted by Gasteiger charge is -2.38. The van der Waals surface area contributed by atoms with Gasteiger partial charge in [-0.1, -0.05) is 0 Å². The summed E-state index contributed by atoms with van der Waals surface area (Å²) in [5.41, 5.74) is 2.26. The molecule has 6 heteroatoms. The first-order valence-corrected chi connectivity index (χ1v) is 9.22. The smallest absolute Gasteiger partial charge is 0.230 e. The zero-order chi connectivity index (χ0) is 17.1. The highest BCUT2D eigenvalue weighted by Gasteiger charge is 2.34. The van der Waals surface area contributed by atoms with Gasteiger partial charge in [0.2, 0.25) is 5.91 Å². The molecular formula is C18H30N4O2. The first-order valence-electron chi connectivity index (χ1n) is 9.22. The van der Waals surface area contributed by atoms with Gasteiger partial charge in [0.25, 0.3) is 0 Å². The largest absolute Gasteiger partial charge is 0.396 e. The summed E-state index contributed by atoms with van der Waals surface area (Å²) in [7, 11) is 4.06. The van der Waals surface area contributed by atoms with Crippen molar-refractivity contribution in [2.45, 2.75) is 50.5 Å². The molecule has 3 rings (SSSR count). The number of aryl methyl sites for hydroxylation is 2. The Bertz CT molecular complexity index is 563. The van der Waals surface area contributed by atoms with E-state index in [0.29, 0.717) is 11.9 Å². The highest BCUT2D eigenvalue weighted by Crippen LogP contribution is 2.33. The minimum absolute atomic E-state index is 0.00567. The summed E-state index contributed by atoms with van der Waals surface area (Å²) in [4.78, 5) is 17.4. The molecule has 6 nitrogen and oxygen atoms in total. The van der Waals surface area contributed by atoms with Crippen molar-refractivity contribution < 1.29 is 9.90 Å². The molecule has 0 bridgehead atoms. The summed E-state index contributed by atoms with van der Waals surface area (Å²) in [6, 6.07) is 0.529. The maximum absolute atomic E-state index is 13.0. The second kappa shape index (κ2) is 7.66. The Balaban J connectivity index is 1.58. The molecule has 1 saturated heterocycles. The molecule has 2 heterocycles. The SMILES string of the molecule is CN(CCCO)C1CCN(C(=O)C2CCCc3nn(C)cc32)CC1. The Labute approximate surface area is 144 Å². The lowest BCUT2D eigenvalue weighted by Crippen LogP contribution is -2.47. The highest BCUT2D eigenvalue weighted by atomic mass is 16.3. The normalized spacial score (nSPS) is 22.0. The predicted octanol–water partition coefficient (Wildman–Crippen LogP) is 1.15. The van der Waals surface area contributed by atoms with Gasteiger partial charge in [-0.15, -0.1) is 0 Å². The van der Waals surface area contributed by atoms with E-state index in [1.54, 1.807) is 0 Å². The van der Waals surface area contributed by atoms with Gasteiger partial charge in [0.1, 0.15) is 0 Å². The fourth-order valence-electron chi connectivity index (χ4n) is 4.17. The first kappa shape index (κ1) is 17.4. The molecule has 0 saturated carbocycles. The predicted molar refractivity (Wildman–Crippen MR) is 92.8 cm³/mol. The third-order valence-corrected chi connectivity index (χ3v) is 5.59. The first-order chi connectivity index (χ1) is 11.6. The van der Waals surface area contributed by atoms with Gasteiger partial charge in [-0.25, -0.2) is 0 Å². The molecule has 1 aromatic heterocycles. The van der Waals surface area contributed by atoms with Gasteiger partial charge in [0, 0.05) is 51.1 Å². The van der Waals surface area contributed by atoms with E-state index in [1.165, 1.54) is 0 Å². The van der Waals surface area contributed by atoms with Gasteiger partial charge in [-0.2, -0.15) is 5.10 Å². The molecule has 0 spiro atoms. The van der Waals surface area contributed by atoms with Crippen molar-refractivity contribution in [3.63, 3.8) is 0 Å². The van der Waals surface area contributed by atoms with Crippen molar-refractivity contribution in [3.8, 4) is 0 Å². The molecular weight excluding hydrogens is 304 g/mol. The lowest BCUT2D eigenvalue weighted by molar-refractivity contribution is -0.134. The molecule has 0 radical (unpaired) electrons. The van der Waals surface area contributed by atoms with Gasteiger partial charge >= 0.3 is 0 Å². The number of piperidine rings is 1. The number of likely N-dealkylation sites (tertiary alicyclic amines) is 1. The topological polar surface area (TPSA) is 61.6 Å². The molecule has 1 fully saturated rings. The number of fused-ring (bicyclic) bond motifs is 1. The van der Waals surface area contributed by atoms with E-state index in [0.717, 1.165) is 69.4 Å². The number of aliphatic hydroxyl groups is 1. The summed E-state index contributed by atoms with van der Waals surface area (Å²) in [6.45, 7) is 2.87. The van der Waals surface area contributed by atoms with Crippen LogP contribution in [0, 0.1) is 0 Å². The van der Waals surface area contributed by atoms with Gasteiger partial charge in [0.05, 0.1) is 11.6 Å². The average molecular weight is 334 g/mol. The van der Waals surface area contributed by atoms with E-state index < -0.39 is 0 Å². The molecule has 2 aliphatic rings. The molecule has 0 aromatic carbocycles. The van der Waals surface area contributed by atoms with Crippen molar-refractivity contribution in [1.82, 2.24) is 19.6 Å². The monoisotopic (exact) mass is 334 g/mol. The summed E-state index contributed by atoms with van der Waals surface area (Å²) in [6.07, 6.45) is 7.92. The molecule has 1 unspecified atom stereocenters. The summed E-state index contributed by atoms with van der Waals surface area (Å²) >= 11 is 0. The number of hydrogen-bond acceptors (Lipinski definition) is 4. The van der Waals surface area contributed by atoms with Crippen molar-refractivity contribution in [3.05, 3.63) is 17.5 Å². The van der Waals surface area contributed by atoms with Gasteiger partial charge in [-0.3, -0.25) is 9.48 Å². The molecule has 1 aliphatic heterocycles. The van der Waals surface area contributed by atoms with Gasteiger partial charge in [-0.05, 0) is 45.6 Å². The molecule has 24 heavy (non-hydrogen) atoms. The molecule has 1 atom stereocenters. The van der Waals surface area contributed by atoms with Gasteiger partial charge < -0.3 is 14.9 Å². The Morgan fingerprint density at radius 3 is 2.83 bits per heavy atom. The van der Waals surface area contributed by atoms with E-state index in [-0.39, 0.29) is 12.5 Å². The standard InChI is InChI=1S/C18H30N4O2/c1-20(9-4-12-23)14-7-10-22(11-8-14)18(24)15-5-3-6-17-16(15)13-21(2)19-17/h13-15,23H,3-12H2,1-2H3. The van der Waals surface area contributed by atoms with Crippen LogP contribution in [0.5, 0.6) is 0 Å². The van der Waals surface area contributed by atoms with Crippen LogP contribution in [0.4, 0.5) is 0 Å². The van der Waals surface area contributed by atoms with E-state index in [4.69, 9.17) is 5.11 Å². The van der Waals surface area contributed by atoms with Gasteiger partial charge in [0.15, 0.2) is 0 Å². The van der Waals surface area contributed by atoms with Crippen LogP contribution in [0.25, 0.3) is 0 Å². The van der Waals surface area contributed by atoms with E-state index in [9.17, 15) is 4.79 Å². The third kappa shape index (κ3) is 3.64. The van der Waals surface area contributed by atoms with Crippen LogP contribution in [0.1, 0.15) is 49.3 Å². The van der Waals surface area contributed by atoms with Crippen molar-refractivity contribution in [1.29, 1.82) is 0 Å². The average Bonchev–Trinajstić information content (AvgIpc) is 2.99. The van der Waals surface area contributed by atoms with Crippen LogP contribution in [-0.4, -0.2) is 69.9 Å². The van der Waals surface area contributed by atoms with Crippen LogP contribution in [0.2, 0.25) is 0 Å². The number of carbonyl (C=O) groups excluding carboxylic acids is 1. The Kier molecular flexibility index (Phi) is 5.56. The minimum atomic E-state index is 0.00567. The van der Waals surface area contributed by atoms with Crippen LogP contribution in [-0.2, 0) is 18.3 Å². The zero-order valence-corrected chi connectivity index (χ0v) is 14.9. The number of carbonyl (C=O) groups is 1. The summed E-state index contributed by atoms with van der Waals surface area (Å²) in [5, 5.41) is 13.5.